The summed E-state index contributed by atoms with van der Waals surface area (Å²) < 4.78 is 6.01. The highest BCUT2D eigenvalue weighted by Crippen LogP contribution is 2.37. The molecular weight excluding hydrogens is 222 g/mol. The van der Waals surface area contributed by atoms with Crippen LogP contribution in [0, 0.1) is 6.92 Å². The highest BCUT2D eigenvalue weighted by molar-refractivity contribution is 5.78. The Labute approximate surface area is 108 Å². The third kappa shape index (κ3) is 2.17. The number of fused-ring (bicyclic) bond motifs is 1. The molecule has 1 fully saturated rings. The Balaban J connectivity index is 1.82. The lowest BCUT2D eigenvalue weighted by Gasteiger charge is -2.09. The molecule has 1 heterocycles. The summed E-state index contributed by atoms with van der Waals surface area (Å²) in [4.78, 5) is 0. The summed E-state index contributed by atoms with van der Waals surface area (Å²) in [7, 11) is 0. The summed E-state index contributed by atoms with van der Waals surface area (Å²) in [5.41, 5.74) is 2.33. The van der Waals surface area contributed by atoms with E-state index < -0.39 is 0 Å². The van der Waals surface area contributed by atoms with Gasteiger partial charge in [-0.1, -0.05) is 18.6 Å². The second-order valence-electron chi connectivity index (χ2n) is 5.45. The number of hydrogen-bond donors (Lipinski definition) is 1. The predicted molar refractivity (Wildman–Crippen MR) is 75.0 cm³/mol. The van der Waals surface area contributed by atoms with E-state index in [1.54, 1.807) is 0 Å². The Morgan fingerprint density at radius 1 is 1.28 bits per heavy atom. The van der Waals surface area contributed by atoms with E-state index in [2.05, 4.69) is 43.4 Å². The minimum Gasteiger partial charge on any atom is -0.461 e. The van der Waals surface area contributed by atoms with E-state index in [4.69, 9.17) is 4.42 Å². The Kier molecular flexibility index (Phi) is 3.13. The van der Waals surface area contributed by atoms with Crippen LogP contribution in [-0.2, 0) is 0 Å². The average Bonchev–Trinajstić information content (AvgIpc) is 2.94. The second kappa shape index (κ2) is 4.77. The lowest BCUT2D eigenvalue weighted by molar-refractivity contribution is 0.477. The van der Waals surface area contributed by atoms with Crippen LogP contribution < -0.4 is 5.32 Å². The molecule has 96 valence electrons. The van der Waals surface area contributed by atoms with Gasteiger partial charge < -0.3 is 9.73 Å². The van der Waals surface area contributed by atoms with Crippen LogP contribution in [0.15, 0.2) is 28.7 Å². The van der Waals surface area contributed by atoms with Crippen LogP contribution >= 0.6 is 0 Å². The van der Waals surface area contributed by atoms with E-state index in [9.17, 15) is 0 Å². The fourth-order valence-corrected chi connectivity index (χ4v) is 3.10. The summed E-state index contributed by atoms with van der Waals surface area (Å²) in [6.45, 7) is 5.37. The van der Waals surface area contributed by atoms with Crippen molar-refractivity contribution in [2.75, 3.05) is 6.54 Å². The first-order valence-electron chi connectivity index (χ1n) is 6.99. The standard InChI is InChI=1S/C16H21NO/c1-3-17-14-6-5-12(9-14)16-10-13-8-11(2)4-7-15(13)18-16/h4,7-8,10,12,14,17H,3,5-6,9H2,1-2H3. The minimum atomic E-state index is 0.599. The minimum absolute atomic E-state index is 0.599. The van der Waals surface area contributed by atoms with Gasteiger partial charge in [-0.25, -0.2) is 0 Å². The molecule has 0 aliphatic heterocycles. The van der Waals surface area contributed by atoms with Crippen LogP contribution in [0.2, 0.25) is 0 Å². The maximum atomic E-state index is 6.01. The summed E-state index contributed by atoms with van der Waals surface area (Å²) in [5, 5.41) is 4.79. The molecule has 2 heteroatoms. The molecule has 1 N–H and O–H groups in total. The fourth-order valence-electron chi connectivity index (χ4n) is 3.10. The van der Waals surface area contributed by atoms with Crippen molar-refractivity contribution >= 4 is 11.0 Å². The molecule has 18 heavy (non-hydrogen) atoms. The van der Waals surface area contributed by atoms with Gasteiger partial charge in [0, 0.05) is 17.3 Å². The molecule has 0 bridgehead atoms. The third-order valence-electron chi connectivity index (χ3n) is 4.02. The van der Waals surface area contributed by atoms with Gasteiger partial charge in [0.1, 0.15) is 11.3 Å². The fraction of sp³-hybridized carbons (Fsp3) is 0.500. The Morgan fingerprint density at radius 2 is 2.17 bits per heavy atom. The number of aryl methyl sites for hydroxylation is 1. The van der Waals surface area contributed by atoms with E-state index in [0.717, 1.165) is 12.1 Å². The van der Waals surface area contributed by atoms with E-state index >= 15 is 0 Å². The van der Waals surface area contributed by atoms with E-state index in [1.165, 1.54) is 36.0 Å². The van der Waals surface area contributed by atoms with Crippen LogP contribution in [0.25, 0.3) is 11.0 Å². The van der Waals surface area contributed by atoms with Crippen molar-refractivity contribution in [3.8, 4) is 0 Å². The molecule has 1 saturated carbocycles. The van der Waals surface area contributed by atoms with Crippen molar-refractivity contribution < 1.29 is 4.42 Å². The second-order valence-corrected chi connectivity index (χ2v) is 5.45. The third-order valence-corrected chi connectivity index (χ3v) is 4.02. The molecule has 0 saturated heterocycles. The van der Waals surface area contributed by atoms with Crippen LogP contribution in [0.4, 0.5) is 0 Å². The average molecular weight is 243 g/mol. The number of nitrogens with one attached hydrogen (secondary N) is 1. The normalized spacial score (nSPS) is 23.9. The van der Waals surface area contributed by atoms with Crippen LogP contribution in [0.3, 0.4) is 0 Å². The topological polar surface area (TPSA) is 25.2 Å². The largest absolute Gasteiger partial charge is 0.461 e. The lowest BCUT2D eigenvalue weighted by Crippen LogP contribution is -2.25. The molecule has 2 atom stereocenters. The van der Waals surface area contributed by atoms with Gasteiger partial charge in [-0.05, 0) is 50.9 Å². The van der Waals surface area contributed by atoms with Crippen LogP contribution in [-0.4, -0.2) is 12.6 Å². The molecule has 0 amide bonds. The van der Waals surface area contributed by atoms with Gasteiger partial charge in [0.25, 0.3) is 0 Å². The first-order valence-corrected chi connectivity index (χ1v) is 6.99. The van der Waals surface area contributed by atoms with Gasteiger partial charge in [0.2, 0.25) is 0 Å². The number of furan rings is 1. The quantitative estimate of drug-likeness (QED) is 0.882. The van der Waals surface area contributed by atoms with E-state index in [-0.39, 0.29) is 0 Å². The summed E-state index contributed by atoms with van der Waals surface area (Å²) >= 11 is 0. The Morgan fingerprint density at radius 3 is 3.00 bits per heavy atom. The number of benzene rings is 1. The Bertz CT molecular complexity index is 543. The molecule has 3 rings (SSSR count). The van der Waals surface area contributed by atoms with E-state index in [0.29, 0.717) is 12.0 Å². The number of rotatable bonds is 3. The highest BCUT2D eigenvalue weighted by Gasteiger charge is 2.27. The summed E-state index contributed by atoms with van der Waals surface area (Å²) in [5.74, 6) is 1.78. The van der Waals surface area contributed by atoms with Gasteiger partial charge in [0.05, 0.1) is 0 Å². The van der Waals surface area contributed by atoms with Crippen molar-refractivity contribution in [2.24, 2.45) is 0 Å². The zero-order valence-corrected chi connectivity index (χ0v) is 11.2. The molecule has 1 aromatic carbocycles. The van der Waals surface area contributed by atoms with Crippen LogP contribution in [0.5, 0.6) is 0 Å². The molecular formula is C16H21NO. The van der Waals surface area contributed by atoms with E-state index in [1.807, 2.05) is 0 Å². The molecule has 2 unspecified atom stereocenters. The van der Waals surface area contributed by atoms with Crippen molar-refractivity contribution in [3.05, 3.63) is 35.6 Å². The smallest absolute Gasteiger partial charge is 0.134 e. The van der Waals surface area contributed by atoms with Crippen molar-refractivity contribution in [1.29, 1.82) is 0 Å². The van der Waals surface area contributed by atoms with Crippen molar-refractivity contribution in [3.63, 3.8) is 0 Å². The van der Waals surface area contributed by atoms with Gasteiger partial charge in [-0.2, -0.15) is 0 Å². The van der Waals surface area contributed by atoms with Crippen LogP contribution in [0.1, 0.15) is 43.4 Å². The zero-order chi connectivity index (χ0) is 12.5. The first-order chi connectivity index (χ1) is 8.76. The van der Waals surface area contributed by atoms with Crippen molar-refractivity contribution in [1.82, 2.24) is 5.32 Å². The Hall–Kier alpha value is -1.28. The maximum Gasteiger partial charge on any atom is 0.134 e. The molecule has 0 radical (unpaired) electrons. The highest BCUT2D eigenvalue weighted by atomic mass is 16.3. The monoisotopic (exact) mass is 243 g/mol. The van der Waals surface area contributed by atoms with Gasteiger partial charge >= 0.3 is 0 Å². The molecule has 1 aromatic heterocycles. The SMILES string of the molecule is CCNC1CCC(c2cc3cc(C)ccc3o2)C1. The first kappa shape index (κ1) is 11.8. The summed E-state index contributed by atoms with van der Waals surface area (Å²) in [6.07, 6.45) is 3.73. The predicted octanol–water partition coefficient (Wildman–Crippen LogP) is 3.99. The molecule has 2 aromatic rings. The lowest BCUT2D eigenvalue weighted by atomic mass is 10.0. The summed E-state index contributed by atoms with van der Waals surface area (Å²) in [6, 6.07) is 9.33. The van der Waals surface area contributed by atoms with Crippen molar-refractivity contribution in [2.45, 2.75) is 45.1 Å². The maximum absolute atomic E-state index is 6.01. The van der Waals surface area contributed by atoms with Gasteiger partial charge in [-0.15, -0.1) is 0 Å². The number of hydrogen-bond acceptors (Lipinski definition) is 2. The molecule has 2 nitrogen and oxygen atoms in total. The molecule has 1 aliphatic rings. The van der Waals surface area contributed by atoms with Gasteiger partial charge in [-0.3, -0.25) is 0 Å². The molecule has 1 aliphatic carbocycles. The molecule has 0 spiro atoms. The zero-order valence-electron chi connectivity index (χ0n) is 11.2. The van der Waals surface area contributed by atoms with Gasteiger partial charge in [0.15, 0.2) is 0 Å².